The van der Waals surface area contributed by atoms with Gasteiger partial charge < -0.3 is 10.4 Å². The molecule has 4 heteroatoms. The van der Waals surface area contributed by atoms with Crippen LogP contribution in [0.15, 0.2) is 24.3 Å². The van der Waals surface area contributed by atoms with E-state index in [0.717, 1.165) is 5.56 Å². The van der Waals surface area contributed by atoms with Crippen LogP contribution in [0.5, 0.6) is 0 Å². The van der Waals surface area contributed by atoms with Crippen molar-refractivity contribution in [3.8, 4) is 0 Å². The van der Waals surface area contributed by atoms with Gasteiger partial charge in [0.2, 0.25) is 0 Å². The van der Waals surface area contributed by atoms with Crippen molar-refractivity contribution < 1.29 is 14.3 Å². The van der Waals surface area contributed by atoms with Crippen LogP contribution in [-0.4, -0.2) is 17.6 Å². The van der Waals surface area contributed by atoms with Gasteiger partial charge in [0.25, 0.3) is 0 Å². The molecule has 0 spiro atoms. The van der Waals surface area contributed by atoms with Crippen molar-refractivity contribution in [1.29, 1.82) is 0 Å². The van der Waals surface area contributed by atoms with Gasteiger partial charge in [-0.2, -0.15) is 0 Å². The zero-order valence-electron chi connectivity index (χ0n) is 7.40. The lowest BCUT2D eigenvalue weighted by Crippen LogP contribution is -2.49. The smallest absolute Gasteiger partial charge is 0.309 e. The van der Waals surface area contributed by atoms with Crippen molar-refractivity contribution in [3.05, 3.63) is 35.6 Å². The zero-order valence-corrected chi connectivity index (χ0v) is 7.40. The molecule has 2 atom stereocenters. The summed E-state index contributed by atoms with van der Waals surface area (Å²) < 4.78 is 12.6. The first-order chi connectivity index (χ1) is 6.68. The average molecular weight is 195 g/mol. The van der Waals surface area contributed by atoms with Gasteiger partial charge >= 0.3 is 5.97 Å². The second kappa shape index (κ2) is 3.38. The Morgan fingerprint density at radius 3 is 2.50 bits per heavy atom. The number of rotatable bonds is 2. The average Bonchev–Trinajstić information content (AvgIpc) is 2.05. The lowest BCUT2D eigenvalue weighted by molar-refractivity contribution is -0.145. The molecule has 14 heavy (non-hydrogen) atoms. The van der Waals surface area contributed by atoms with Crippen molar-refractivity contribution in [1.82, 2.24) is 5.32 Å². The molecule has 2 rings (SSSR count). The predicted octanol–water partition coefficient (Wildman–Crippen LogP) is 1.17. The Morgan fingerprint density at radius 2 is 2.07 bits per heavy atom. The maximum absolute atomic E-state index is 12.6. The van der Waals surface area contributed by atoms with Gasteiger partial charge in [0.05, 0.1) is 5.92 Å². The molecule has 0 aromatic heterocycles. The molecule has 1 heterocycles. The van der Waals surface area contributed by atoms with Crippen LogP contribution in [0.25, 0.3) is 0 Å². The van der Waals surface area contributed by atoms with Crippen LogP contribution >= 0.6 is 0 Å². The molecule has 0 bridgehead atoms. The molecule has 1 aromatic rings. The highest BCUT2D eigenvalue weighted by molar-refractivity contribution is 5.73. The molecular formula is C10H10FNO2. The molecule has 3 nitrogen and oxygen atoms in total. The van der Waals surface area contributed by atoms with E-state index in [1.54, 1.807) is 12.1 Å². The summed E-state index contributed by atoms with van der Waals surface area (Å²) in [5.41, 5.74) is 0.824. The minimum Gasteiger partial charge on any atom is -0.481 e. The summed E-state index contributed by atoms with van der Waals surface area (Å²) in [6, 6.07) is 5.74. The summed E-state index contributed by atoms with van der Waals surface area (Å²) in [4.78, 5) is 10.7. The first kappa shape index (κ1) is 9.15. The van der Waals surface area contributed by atoms with E-state index in [4.69, 9.17) is 5.11 Å². The van der Waals surface area contributed by atoms with Crippen molar-refractivity contribution in [2.24, 2.45) is 5.92 Å². The Bertz CT molecular complexity index is 350. The first-order valence-corrected chi connectivity index (χ1v) is 4.40. The van der Waals surface area contributed by atoms with Gasteiger partial charge in [0.15, 0.2) is 0 Å². The summed E-state index contributed by atoms with van der Waals surface area (Å²) in [5, 5.41) is 11.8. The summed E-state index contributed by atoms with van der Waals surface area (Å²) in [6.45, 7) is 0.484. The maximum atomic E-state index is 12.6. The van der Waals surface area contributed by atoms with Gasteiger partial charge in [-0.25, -0.2) is 4.39 Å². The fourth-order valence-corrected chi connectivity index (χ4v) is 1.60. The Morgan fingerprint density at radius 1 is 1.43 bits per heavy atom. The fourth-order valence-electron chi connectivity index (χ4n) is 1.60. The van der Waals surface area contributed by atoms with E-state index in [0.29, 0.717) is 6.54 Å². The number of carbonyl (C=O) groups is 1. The minimum atomic E-state index is -0.807. The highest BCUT2D eigenvalue weighted by Gasteiger charge is 2.36. The molecule has 1 aromatic carbocycles. The van der Waals surface area contributed by atoms with Crippen molar-refractivity contribution >= 4 is 5.97 Å². The zero-order chi connectivity index (χ0) is 10.1. The fraction of sp³-hybridized carbons (Fsp3) is 0.300. The third-order valence-electron chi connectivity index (χ3n) is 2.51. The molecule has 0 radical (unpaired) electrons. The molecular weight excluding hydrogens is 185 g/mol. The Kier molecular flexibility index (Phi) is 2.21. The molecule has 74 valence electrons. The van der Waals surface area contributed by atoms with E-state index in [-0.39, 0.29) is 17.8 Å². The van der Waals surface area contributed by atoms with Crippen LogP contribution in [0, 0.1) is 11.7 Å². The monoisotopic (exact) mass is 195 g/mol. The summed E-state index contributed by atoms with van der Waals surface area (Å²) in [5.74, 6) is -1.50. The van der Waals surface area contributed by atoms with Crippen LogP contribution < -0.4 is 5.32 Å². The number of halogens is 1. The van der Waals surface area contributed by atoms with E-state index < -0.39 is 5.97 Å². The lowest BCUT2D eigenvalue weighted by Gasteiger charge is -2.35. The minimum absolute atomic E-state index is 0.173. The van der Waals surface area contributed by atoms with E-state index >= 15 is 0 Å². The third-order valence-corrected chi connectivity index (χ3v) is 2.51. The van der Waals surface area contributed by atoms with Crippen LogP contribution in [0.3, 0.4) is 0 Å². The number of hydrogen-bond acceptors (Lipinski definition) is 2. The van der Waals surface area contributed by atoms with Gasteiger partial charge in [0, 0.05) is 12.6 Å². The predicted molar refractivity (Wildman–Crippen MR) is 48.3 cm³/mol. The van der Waals surface area contributed by atoms with Crippen molar-refractivity contribution in [2.75, 3.05) is 6.54 Å². The maximum Gasteiger partial charge on any atom is 0.309 e. The number of carboxylic acid groups (broad SMARTS) is 1. The van der Waals surface area contributed by atoms with E-state index in [1.807, 2.05) is 0 Å². The van der Waals surface area contributed by atoms with Crippen molar-refractivity contribution in [2.45, 2.75) is 6.04 Å². The first-order valence-electron chi connectivity index (χ1n) is 4.40. The van der Waals surface area contributed by atoms with Gasteiger partial charge in [-0.15, -0.1) is 0 Å². The molecule has 0 aliphatic carbocycles. The highest BCUT2D eigenvalue weighted by Crippen LogP contribution is 2.29. The number of hydrogen-bond donors (Lipinski definition) is 2. The third kappa shape index (κ3) is 1.48. The molecule has 0 saturated carbocycles. The number of carboxylic acids is 1. The topological polar surface area (TPSA) is 49.3 Å². The molecule has 0 amide bonds. The van der Waals surface area contributed by atoms with Gasteiger partial charge in [0.1, 0.15) is 5.82 Å². The SMILES string of the molecule is O=C(O)C1CNC1c1ccc(F)cc1. The molecule has 1 aliphatic heterocycles. The Balaban J connectivity index is 2.16. The second-order valence-corrected chi connectivity index (χ2v) is 3.38. The molecule has 1 aliphatic rings. The van der Waals surface area contributed by atoms with Gasteiger partial charge in [-0.3, -0.25) is 4.79 Å². The summed E-state index contributed by atoms with van der Waals surface area (Å²) >= 11 is 0. The van der Waals surface area contributed by atoms with E-state index in [2.05, 4.69) is 5.32 Å². The standard InChI is InChI=1S/C10H10FNO2/c11-7-3-1-6(2-4-7)9-8(5-12-9)10(13)14/h1-4,8-9,12H,5H2,(H,13,14). The summed E-state index contributed by atoms with van der Waals surface area (Å²) in [7, 11) is 0. The highest BCUT2D eigenvalue weighted by atomic mass is 19.1. The van der Waals surface area contributed by atoms with Crippen molar-refractivity contribution in [3.63, 3.8) is 0 Å². The lowest BCUT2D eigenvalue weighted by atomic mass is 9.86. The van der Waals surface area contributed by atoms with Gasteiger partial charge in [-0.05, 0) is 17.7 Å². The van der Waals surface area contributed by atoms with Gasteiger partial charge in [-0.1, -0.05) is 12.1 Å². The molecule has 2 N–H and O–H groups in total. The second-order valence-electron chi connectivity index (χ2n) is 3.38. The van der Waals surface area contributed by atoms with E-state index in [9.17, 15) is 9.18 Å². The number of nitrogens with one attached hydrogen (secondary N) is 1. The van der Waals surface area contributed by atoms with Crippen LogP contribution in [0.2, 0.25) is 0 Å². The largest absolute Gasteiger partial charge is 0.481 e. The Labute approximate surface area is 80.6 Å². The van der Waals surface area contributed by atoms with Crippen LogP contribution in [0.1, 0.15) is 11.6 Å². The normalized spacial score (nSPS) is 25.5. The molecule has 1 fully saturated rings. The van der Waals surface area contributed by atoms with Crippen LogP contribution in [0.4, 0.5) is 4.39 Å². The molecule has 1 saturated heterocycles. The summed E-state index contributed by atoms with van der Waals surface area (Å²) in [6.07, 6.45) is 0. The quantitative estimate of drug-likeness (QED) is 0.744. The van der Waals surface area contributed by atoms with E-state index in [1.165, 1.54) is 12.1 Å². The number of aliphatic carboxylic acids is 1. The Hall–Kier alpha value is -1.42. The molecule has 2 unspecified atom stereocenters. The number of benzene rings is 1. The van der Waals surface area contributed by atoms with Crippen LogP contribution in [-0.2, 0) is 4.79 Å².